The number of nitrogens with two attached hydrogens (primary N) is 1. The lowest BCUT2D eigenvalue weighted by molar-refractivity contribution is 0.362. The Bertz CT molecular complexity index is 610. The Hall–Kier alpha value is -1.59. The zero-order valence-corrected chi connectivity index (χ0v) is 10.8. The highest BCUT2D eigenvalue weighted by Crippen LogP contribution is 2.22. The lowest BCUT2D eigenvalue weighted by Crippen LogP contribution is -2.36. The molecular weight excluding hydrogens is 242 g/mol. The van der Waals surface area contributed by atoms with E-state index < -0.39 is 5.76 Å². The smallest absolute Gasteiger partial charge is 0.408 e. The number of aromatic amines is 1. The Kier molecular flexibility index (Phi) is 3.40. The third kappa shape index (κ3) is 2.72. The molecule has 0 spiro atoms. The van der Waals surface area contributed by atoms with E-state index in [-0.39, 0.29) is 6.04 Å². The summed E-state index contributed by atoms with van der Waals surface area (Å²) in [4.78, 5) is 13.8. The van der Waals surface area contributed by atoms with E-state index in [2.05, 4.69) is 10.3 Å². The minimum Gasteiger partial charge on any atom is -0.408 e. The van der Waals surface area contributed by atoms with Gasteiger partial charge in [0.15, 0.2) is 5.58 Å². The molecule has 5 nitrogen and oxygen atoms in total. The summed E-state index contributed by atoms with van der Waals surface area (Å²) in [6.45, 7) is 1.09. The molecule has 1 aromatic carbocycles. The molecule has 0 aliphatic carbocycles. The van der Waals surface area contributed by atoms with Gasteiger partial charge >= 0.3 is 5.76 Å². The van der Waals surface area contributed by atoms with Crippen LogP contribution in [0.2, 0.25) is 0 Å². The molecule has 1 aliphatic heterocycles. The number of aromatic nitrogens is 1. The van der Waals surface area contributed by atoms with Gasteiger partial charge in [0.1, 0.15) is 0 Å². The van der Waals surface area contributed by atoms with Crippen molar-refractivity contribution < 1.29 is 4.42 Å². The molecule has 4 N–H and O–H groups in total. The molecule has 2 atom stereocenters. The highest BCUT2D eigenvalue weighted by molar-refractivity contribution is 5.72. The van der Waals surface area contributed by atoms with Gasteiger partial charge in [-0.05, 0) is 43.5 Å². The van der Waals surface area contributed by atoms with Gasteiger partial charge < -0.3 is 15.5 Å². The number of hydrogen-bond donors (Lipinski definition) is 3. The number of nitrogens with one attached hydrogen (secondary N) is 2. The molecule has 1 aromatic heterocycles. The fraction of sp³-hybridized carbons (Fsp3) is 0.500. The molecule has 1 saturated heterocycles. The van der Waals surface area contributed by atoms with Crippen LogP contribution in [0.5, 0.6) is 0 Å². The summed E-state index contributed by atoms with van der Waals surface area (Å²) in [6, 6.07) is 6.14. The summed E-state index contributed by atoms with van der Waals surface area (Å²) in [6.07, 6.45) is 4.64. The highest BCUT2D eigenvalue weighted by Gasteiger charge is 2.17. The largest absolute Gasteiger partial charge is 0.417 e. The van der Waals surface area contributed by atoms with E-state index in [1.807, 2.05) is 18.2 Å². The number of rotatable bonds is 3. The fourth-order valence-corrected chi connectivity index (χ4v) is 2.76. The molecule has 102 valence electrons. The second kappa shape index (κ2) is 5.19. The summed E-state index contributed by atoms with van der Waals surface area (Å²) < 4.78 is 5.07. The van der Waals surface area contributed by atoms with Gasteiger partial charge in [-0.15, -0.1) is 0 Å². The van der Waals surface area contributed by atoms with Gasteiger partial charge in [0, 0.05) is 12.1 Å². The van der Waals surface area contributed by atoms with Gasteiger partial charge in [0.25, 0.3) is 0 Å². The van der Waals surface area contributed by atoms with Crippen LogP contribution in [0.25, 0.3) is 11.1 Å². The molecular formula is C14H19N3O2. The summed E-state index contributed by atoms with van der Waals surface area (Å²) in [7, 11) is 0. The molecule has 2 heterocycles. The van der Waals surface area contributed by atoms with Crippen LogP contribution in [-0.4, -0.2) is 17.6 Å². The van der Waals surface area contributed by atoms with Crippen molar-refractivity contribution in [1.82, 2.24) is 10.3 Å². The number of fused-ring (bicyclic) bond motifs is 1. The molecule has 3 rings (SSSR count). The summed E-state index contributed by atoms with van der Waals surface area (Å²) >= 11 is 0. The van der Waals surface area contributed by atoms with Crippen molar-refractivity contribution >= 4 is 11.1 Å². The van der Waals surface area contributed by atoms with E-state index in [0.717, 1.165) is 24.0 Å². The van der Waals surface area contributed by atoms with Crippen LogP contribution in [0.1, 0.15) is 37.3 Å². The Morgan fingerprint density at radius 2 is 2.32 bits per heavy atom. The van der Waals surface area contributed by atoms with Gasteiger partial charge in [0.05, 0.1) is 5.52 Å². The molecule has 0 amide bonds. The molecule has 2 aromatic rings. The van der Waals surface area contributed by atoms with Crippen molar-refractivity contribution in [3.8, 4) is 0 Å². The first-order valence-electron chi connectivity index (χ1n) is 6.84. The van der Waals surface area contributed by atoms with Crippen LogP contribution in [0.3, 0.4) is 0 Å². The number of benzene rings is 1. The van der Waals surface area contributed by atoms with Crippen LogP contribution in [-0.2, 0) is 0 Å². The molecule has 1 fully saturated rings. The van der Waals surface area contributed by atoms with E-state index in [1.54, 1.807) is 0 Å². The van der Waals surface area contributed by atoms with Crippen molar-refractivity contribution in [1.29, 1.82) is 0 Å². The van der Waals surface area contributed by atoms with Crippen molar-refractivity contribution in [3.63, 3.8) is 0 Å². The standard InChI is InChI=1S/C14H19N3O2/c15-11(8-10-3-1-2-6-16-10)9-4-5-12-13(7-9)19-14(18)17-12/h4-5,7,10-11,16H,1-3,6,8,15H2,(H,17,18). The van der Waals surface area contributed by atoms with E-state index in [4.69, 9.17) is 10.2 Å². The van der Waals surface area contributed by atoms with Crippen molar-refractivity contribution in [2.75, 3.05) is 6.54 Å². The topological polar surface area (TPSA) is 84.0 Å². The number of H-pyrrole nitrogens is 1. The molecule has 1 aliphatic rings. The van der Waals surface area contributed by atoms with Crippen LogP contribution in [0.15, 0.2) is 27.4 Å². The zero-order chi connectivity index (χ0) is 13.2. The normalized spacial score (nSPS) is 21.6. The maximum atomic E-state index is 11.1. The lowest BCUT2D eigenvalue weighted by atomic mass is 9.94. The average Bonchev–Trinajstić information content (AvgIpc) is 2.78. The van der Waals surface area contributed by atoms with Gasteiger partial charge in [-0.25, -0.2) is 4.79 Å². The van der Waals surface area contributed by atoms with Crippen molar-refractivity contribution in [3.05, 3.63) is 34.3 Å². The van der Waals surface area contributed by atoms with Crippen LogP contribution < -0.4 is 16.8 Å². The molecule has 0 radical (unpaired) electrons. The fourth-order valence-electron chi connectivity index (χ4n) is 2.76. The third-order valence-electron chi connectivity index (χ3n) is 3.82. The summed E-state index contributed by atoms with van der Waals surface area (Å²) in [5.74, 6) is -0.422. The Labute approximate surface area is 111 Å². The quantitative estimate of drug-likeness (QED) is 0.784. The van der Waals surface area contributed by atoms with Gasteiger partial charge in [-0.2, -0.15) is 0 Å². The molecule has 2 unspecified atom stereocenters. The van der Waals surface area contributed by atoms with Crippen molar-refractivity contribution in [2.45, 2.75) is 37.8 Å². The molecule has 0 saturated carbocycles. The minimum absolute atomic E-state index is 0.0276. The average molecular weight is 261 g/mol. The first kappa shape index (κ1) is 12.4. The summed E-state index contributed by atoms with van der Waals surface area (Å²) in [5.41, 5.74) is 8.57. The van der Waals surface area contributed by atoms with Gasteiger partial charge in [-0.3, -0.25) is 4.98 Å². The monoisotopic (exact) mass is 261 g/mol. The first-order chi connectivity index (χ1) is 9.22. The van der Waals surface area contributed by atoms with E-state index in [0.29, 0.717) is 11.6 Å². The van der Waals surface area contributed by atoms with Crippen LogP contribution in [0.4, 0.5) is 0 Å². The maximum absolute atomic E-state index is 11.1. The molecule has 0 bridgehead atoms. The first-order valence-corrected chi connectivity index (χ1v) is 6.84. The Morgan fingerprint density at radius 3 is 3.11 bits per heavy atom. The second-order valence-corrected chi connectivity index (χ2v) is 5.26. The van der Waals surface area contributed by atoms with Crippen molar-refractivity contribution in [2.24, 2.45) is 5.73 Å². The number of piperidine rings is 1. The maximum Gasteiger partial charge on any atom is 0.417 e. The highest BCUT2D eigenvalue weighted by atomic mass is 16.4. The minimum atomic E-state index is -0.422. The molecule has 5 heteroatoms. The predicted molar refractivity (Wildman–Crippen MR) is 74.0 cm³/mol. The SMILES string of the molecule is NC(CC1CCCCN1)c1ccc2[nH]c(=O)oc2c1. The van der Waals surface area contributed by atoms with Crippen LogP contribution in [0, 0.1) is 0 Å². The Balaban J connectivity index is 1.76. The van der Waals surface area contributed by atoms with Gasteiger partial charge in [0.2, 0.25) is 0 Å². The predicted octanol–water partition coefficient (Wildman–Crippen LogP) is 1.65. The number of oxazole rings is 1. The Morgan fingerprint density at radius 1 is 1.42 bits per heavy atom. The van der Waals surface area contributed by atoms with E-state index in [1.165, 1.54) is 19.3 Å². The van der Waals surface area contributed by atoms with E-state index >= 15 is 0 Å². The third-order valence-corrected chi connectivity index (χ3v) is 3.82. The van der Waals surface area contributed by atoms with Gasteiger partial charge in [-0.1, -0.05) is 12.5 Å². The molecule has 19 heavy (non-hydrogen) atoms. The lowest BCUT2D eigenvalue weighted by Gasteiger charge is -2.26. The van der Waals surface area contributed by atoms with E-state index in [9.17, 15) is 4.79 Å². The zero-order valence-electron chi connectivity index (χ0n) is 10.8. The summed E-state index contributed by atoms with van der Waals surface area (Å²) in [5, 5.41) is 3.50. The second-order valence-electron chi connectivity index (χ2n) is 5.26. The van der Waals surface area contributed by atoms with Crippen LogP contribution >= 0.6 is 0 Å². The number of hydrogen-bond acceptors (Lipinski definition) is 4.